The molecule has 0 aliphatic heterocycles. The number of benzene rings is 2. The summed E-state index contributed by atoms with van der Waals surface area (Å²) in [5.74, 6) is 0. The van der Waals surface area contributed by atoms with Crippen molar-refractivity contribution in [3.63, 3.8) is 0 Å². The van der Waals surface area contributed by atoms with Crippen LogP contribution in [0.15, 0.2) is 54.6 Å². The minimum Gasteiger partial charge on any atom is -0.0786 e. The summed E-state index contributed by atoms with van der Waals surface area (Å²) in [5, 5.41) is 0. The van der Waals surface area contributed by atoms with Gasteiger partial charge in [0, 0.05) is 0 Å². The number of aryl methyl sites for hydroxylation is 1. The molecule has 0 bridgehead atoms. The molecule has 76 valence electrons. The number of hydrogen-bond donors (Lipinski definition) is 0. The van der Waals surface area contributed by atoms with Crippen LogP contribution in [0.2, 0.25) is 0 Å². The molecule has 0 aliphatic carbocycles. The van der Waals surface area contributed by atoms with Crippen molar-refractivity contribution in [3.8, 4) is 0 Å². The van der Waals surface area contributed by atoms with Crippen molar-refractivity contribution >= 4 is 15.9 Å². The van der Waals surface area contributed by atoms with Crippen molar-refractivity contribution in [3.05, 3.63) is 71.3 Å². The lowest BCUT2D eigenvalue weighted by atomic mass is 10.0. The minimum absolute atomic E-state index is 0.290. The Labute approximate surface area is 99.1 Å². The average molecular weight is 261 g/mol. The molecule has 0 aromatic heterocycles. The van der Waals surface area contributed by atoms with E-state index in [1.807, 2.05) is 6.07 Å². The Morgan fingerprint density at radius 1 is 0.867 bits per heavy atom. The molecule has 0 fully saturated rings. The third-order valence-corrected chi connectivity index (χ3v) is 3.48. The maximum absolute atomic E-state index is 3.73. The van der Waals surface area contributed by atoms with E-state index in [0.29, 0.717) is 4.83 Å². The van der Waals surface area contributed by atoms with Gasteiger partial charge in [-0.3, -0.25) is 0 Å². The predicted octanol–water partition coefficient (Wildman–Crippen LogP) is 4.48. The summed E-state index contributed by atoms with van der Waals surface area (Å²) in [6.45, 7) is 2.12. The van der Waals surface area contributed by atoms with Gasteiger partial charge in [-0.25, -0.2) is 0 Å². The standard InChI is InChI=1S/C14H13Br/c1-11-6-5-9-13(10-11)14(15)12-7-3-2-4-8-12/h2-10,14H,1H3. The molecular weight excluding hydrogens is 248 g/mol. The van der Waals surface area contributed by atoms with E-state index in [1.54, 1.807) is 0 Å². The number of alkyl halides is 1. The van der Waals surface area contributed by atoms with Crippen molar-refractivity contribution in [1.82, 2.24) is 0 Å². The summed E-state index contributed by atoms with van der Waals surface area (Å²) < 4.78 is 0. The van der Waals surface area contributed by atoms with Crippen LogP contribution in [0.3, 0.4) is 0 Å². The highest BCUT2D eigenvalue weighted by molar-refractivity contribution is 9.09. The van der Waals surface area contributed by atoms with Gasteiger partial charge in [-0.15, -0.1) is 0 Å². The van der Waals surface area contributed by atoms with Gasteiger partial charge in [0.25, 0.3) is 0 Å². The molecule has 1 atom stereocenters. The first-order valence-corrected chi connectivity index (χ1v) is 5.94. The molecule has 0 aliphatic rings. The highest BCUT2D eigenvalue weighted by Crippen LogP contribution is 2.30. The van der Waals surface area contributed by atoms with Crippen molar-refractivity contribution in [2.24, 2.45) is 0 Å². The Hall–Kier alpha value is -1.08. The molecule has 0 nitrogen and oxygen atoms in total. The van der Waals surface area contributed by atoms with Crippen molar-refractivity contribution in [2.45, 2.75) is 11.8 Å². The topological polar surface area (TPSA) is 0 Å². The van der Waals surface area contributed by atoms with Gasteiger partial charge < -0.3 is 0 Å². The van der Waals surface area contributed by atoms with Gasteiger partial charge in [0.2, 0.25) is 0 Å². The van der Waals surface area contributed by atoms with Crippen molar-refractivity contribution in [1.29, 1.82) is 0 Å². The molecule has 0 saturated heterocycles. The first kappa shape index (κ1) is 10.4. The largest absolute Gasteiger partial charge is 0.0786 e. The Bertz CT molecular complexity index is 434. The fourth-order valence-corrected chi connectivity index (χ4v) is 2.23. The molecule has 1 unspecified atom stereocenters. The van der Waals surface area contributed by atoms with E-state index in [9.17, 15) is 0 Å². The molecule has 0 amide bonds. The fourth-order valence-electron chi connectivity index (χ4n) is 1.64. The summed E-state index contributed by atoms with van der Waals surface area (Å²) in [5.41, 5.74) is 3.90. The van der Waals surface area contributed by atoms with E-state index in [2.05, 4.69) is 71.4 Å². The van der Waals surface area contributed by atoms with Crippen LogP contribution in [-0.4, -0.2) is 0 Å². The molecule has 2 aromatic carbocycles. The maximum Gasteiger partial charge on any atom is 0.0644 e. The van der Waals surface area contributed by atoms with Crippen LogP contribution in [0.1, 0.15) is 21.5 Å². The van der Waals surface area contributed by atoms with E-state index >= 15 is 0 Å². The quantitative estimate of drug-likeness (QED) is 0.699. The zero-order valence-corrected chi connectivity index (χ0v) is 10.2. The van der Waals surface area contributed by atoms with Crippen LogP contribution in [0, 0.1) is 6.92 Å². The second-order valence-electron chi connectivity index (χ2n) is 3.69. The van der Waals surface area contributed by atoms with Crippen LogP contribution in [-0.2, 0) is 0 Å². The van der Waals surface area contributed by atoms with Gasteiger partial charge in [0.15, 0.2) is 0 Å². The van der Waals surface area contributed by atoms with Crippen molar-refractivity contribution < 1.29 is 0 Å². The van der Waals surface area contributed by atoms with E-state index in [0.717, 1.165) is 0 Å². The highest BCUT2D eigenvalue weighted by Gasteiger charge is 2.08. The van der Waals surface area contributed by atoms with E-state index < -0.39 is 0 Å². The monoisotopic (exact) mass is 260 g/mol. The molecule has 2 rings (SSSR count). The van der Waals surface area contributed by atoms with Gasteiger partial charge in [-0.2, -0.15) is 0 Å². The minimum atomic E-state index is 0.290. The van der Waals surface area contributed by atoms with Gasteiger partial charge in [-0.1, -0.05) is 76.1 Å². The van der Waals surface area contributed by atoms with E-state index in [4.69, 9.17) is 0 Å². The van der Waals surface area contributed by atoms with Crippen LogP contribution < -0.4 is 0 Å². The van der Waals surface area contributed by atoms with Crippen LogP contribution in [0.4, 0.5) is 0 Å². The second kappa shape index (κ2) is 4.63. The molecule has 0 N–H and O–H groups in total. The Balaban J connectivity index is 2.32. The smallest absolute Gasteiger partial charge is 0.0644 e. The summed E-state index contributed by atoms with van der Waals surface area (Å²) >= 11 is 3.73. The fraction of sp³-hybridized carbons (Fsp3) is 0.143. The molecule has 2 aromatic rings. The van der Waals surface area contributed by atoms with Gasteiger partial charge in [-0.05, 0) is 18.1 Å². The predicted molar refractivity (Wildman–Crippen MR) is 68.4 cm³/mol. The Morgan fingerprint density at radius 2 is 1.53 bits per heavy atom. The third-order valence-electron chi connectivity index (χ3n) is 2.43. The summed E-state index contributed by atoms with van der Waals surface area (Å²) in [4.78, 5) is 0.290. The number of halogens is 1. The van der Waals surface area contributed by atoms with Gasteiger partial charge in [0.05, 0.1) is 4.83 Å². The summed E-state index contributed by atoms with van der Waals surface area (Å²) in [6, 6.07) is 19.0. The third kappa shape index (κ3) is 2.48. The molecule has 1 heteroatoms. The molecular formula is C14H13Br. The molecule has 15 heavy (non-hydrogen) atoms. The summed E-state index contributed by atoms with van der Waals surface area (Å²) in [7, 11) is 0. The zero-order chi connectivity index (χ0) is 10.7. The number of hydrogen-bond acceptors (Lipinski definition) is 0. The highest BCUT2D eigenvalue weighted by atomic mass is 79.9. The van der Waals surface area contributed by atoms with Gasteiger partial charge >= 0.3 is 0 Å². The zero-order valence-electron chi connectivity index (χ0n) is 8.65. The lowest BCUT2D eigenvalue weighted by Gasteiger charge is -2.10. The lowest BCUT2D eigenvalue weighted by Crippen LogP contribution is -1.92. The van der Waals surface area contributed by atoms with E-state index in [1.165, 1.54) is 16.7 Å². The Morgan fingerprint density at radius 3 is 2.20 bits per heavy atom. The SMILES string of the molecule is Cc1cccc(C(Br)c2ccccc2)c1. The lowest BCUT2D eigenvalue weighted by molar-refractivity contribution is 1.17. The van der Waals surface area contributed by atoms with E-state index in [-0.39, 0.29) is 0 Å². The normalized spacial score (nSPS) is 12.4. The molecule has 0 saturated carbocycles. The maximum atomic E-state index is 3.73. The number of rotatable bonds is 2. The van der Waals surface area contributed by atoms with Crippen molar-refractivity contribution in [2.75, 3.05) is 0 Å². The first-order chi connectivity index (χ1) is 7.27. The first-order valence-electron chi connectivity index (χ1n) is 5.03. The second-order valence-corrected chi connectivity index (χ2v) is 4.60. The van der Waals surface area contributed by atoms with Crippen LogP contribution >= 0.6 is 15.9 Å². The Kier molecular flexibility index (Phi) is 3.22. The average Bonchev–Trinajstić information content (AvgIpc) is 2.29. The van der Waals surface area contributed by atoms with Crippen LogP contribution in [0.5, 0.6) is 0 Å². The summed E-state index contributed by atoms with van der Waals surface area (Å²) in [6.07, 6.45) is 0. The van der Waals surface area contributed by atoms with Gasteiger partial charge in [0.1, 0.15) is 0 Å². The molecule has 0 spiro atoms. The molecule has 0 radical (unpaired) electrons. The van der Waals surface area contributed by atoms with Crippen LogP contribution in [0.25, 0.3) is 0 Å². The molecule has 0 heterocycles.